The van der Waals surface area contributed by atoms with Crippen LogP contribution < -0.4 is 10.0 Å². The highest BCUT2D eigenvalue weighted by molar-refractivity contribution is 7.92. The van der Waals surface area contributed by atoms with E-state index in [1.807, 2.05) is 0 Å². The number of amides is 1. The zero-order valence-electron chi connectivity index (χ0n) is 13.3. The van der Waals surface area contributed by atoms with Gasteiger partial charge in [0, 0.05) is 6.54 Å². The number of anilines is 1. The number of nitrogens with one attached hydrogen (secondary N) is 2. The normalized spacial score (nSPS) is 15.1. The molecular formula is C15H14F3N3O3S2. The summed E-state index contributed by atoms with van der Waals surface area (Å²) in [5.74, 6) is -0.787. The van der Waals surface area contributed by atoms with Gasteiger partial charge in [-0.25, -0.2) is 13.4 Å². The molecule has 11 heteroatoms. The molecule has 1 aliphatic heterocycles. The Morgan fingerprint density at radius 1 is 1.23 bits per heavy atom. The van der Waals surface area contributed by atoms with Crippen LogP contribution in [0.15, 0.2) is 24.3 Å². The number of nitrogens with zero attached hydrogens (tertiary/aromatic N) is 1. The molecule has 0 saturated heterocycles. The Hall–Kier alpha value is -2.14. The second-order valence-electron chi connectivity index (χ2n) is 5.71. The van der Waals surface area contributed by atoms with Crippen LogP contribution in [0.4, 0.5) is 18.3 Å². The lowest BCUT2D eigenvalue weighted by molar-refractivity contribution is -0.137. The second-order valence-corrected chi connectivity index (χ2v) is 8.43. The van der Waals surface area contributed by atoms with Crippen molar-refractivity contribution >= 4 is 32.4 Å². The van der Waals surface area contributed by atoms with Gasteiger partial charge in [0.25, 0.3) is 5.91 Å². The highest BCUT2D eigenvalue weighted by Gasteiger charge is 2.30. The summed E-state index contributed by atoms with van der Waals surface area (Å²) in [7, 11) is -3.88. The molecule has 2 aromatic rings. The van der Waals surface area contributed by atoms with Crippen LogP contribution in [0.25, 0.3) is 0 Å². The Bertz CT molecular complexity index is 922. The van der Waals surface area contributed by atoms with Crippen molar-refractivity contribution in [1.29, 1.82) is 0 Å². The topological polar surface area (TPSA) is 88.2 Å². The van der Waals surface area contributed by atoms with E-state index in [1.54, 1.807) is 0 Å². The van der Waals surface area contributed by atoms with E-state index < -0.39 is 27.5 Å². The number of alkyl halides is 3. The molecule has 0 spiro atoms. The maximum atomic E-state index is 12.5. The number of hydrogen-bond acceptors (Lipinski definition) is 5. The highest BCUT2D eigenvalue weighted by atomic mass is 32.2. The predicted molar refractivity (Wildman–Crippen MR) is 90.5 cm³/mol. The fourth-order valence-corrected chi connectivity index (χ4v) is 4.80. The molecule has 3 rings (SSSR count). The van der Waals surface area contributed by atoms with Gasteiger partial charge in [-0.15, -0.1) is 0 Å². The lowest BCUT2D eigenvalue weighted by Gasteiger charge is -2.08. The largest absolute Gasteiger partial charge is 0.416 e. The Labute approximate surface area is 151 Å². The first kappa shape index (κ1) is 18.6. The monoisotopic (exact) mass is 405 g/mol. The van der Waals surface area contributed by atoms with Crippen LogP contribution in [0.5, 0.6) is 0 Å². The molecule has 0 saturated carbocycles. The van der Waals surface area contributed by atoms with Gasteiger partial charge in [0.1, 0.15) is 4.88 Å². The molecule has 1 amide bonds. The first-order valence-corrected chi connectivity index (χ1v) is 10.1. The molecule has 0 fully saturated rings. The van der Waals surface area contributed by atoms with Gasteiger partial charge in [-0.3, -0.25) is 9.52 Å². The number of carbonyl (C=O) groups excluding carboxylic acids is 1. The van der Waals surface area contributed by atoms with E-state index in [1.165, 1.54) is 0 Å². The number of fused-ring (bicyclic) bond motifs is 1. The number of sulfonamides is 1. The van der Waals surface area contributed by atoms with Crippen molar-refractivity contribution in [2.75, 3.05) is 11.3 Å². The van der Waals surface area contributed by atoms with Gasteiger partial charge in [-0.2, -0.15) is 13.2 Å². The molecule has 1 aliphatic rings. The molecule has 1 aromatic heterocycles. The summed E-state index contributed by atoms with van der Waals surface area (Å²) in [6.07, 6.45) is -3.21. The van der Waals surface area contributed by atoms with Crippen LogP contribution in [0.2, 0.25) is 0 Å². The van der Waals surface area contributed by atoms with Crippen molar-refractivity contribution in [3.05, 3.63) is 46.0 Å². The summed E-state index contributed by atoms with van der Waals surface area (Å²) in [5.41, 5.74) is -0.0973. The maximum Gasteiger partial charge on any atom is 0.416 e. The average Bonchev–Trinajstić information content (AvgIpc) is 2.84. The van der Waals surface area contributed by atoms with Gasteiger partial charge < -0.3 is 5.32 Å². The number of thiazole rings is 1. The number of aromatic nitrogens is 1. The zero-order valence-corrected chi connectivity index (χ0v) is 14.9. The fourth-order valence-electron chi connectivity index (χ4n) is 2.46. The van der Waals surface area contributed by atoms with Gasteiger partial charge in [-0.05, 0) is 30.5 Å². The lowest BCUT2D eigenvalue weighted by atomic mass is 10.1. The van der Waals surface area contributed by atoms with Crippen LogP contribution in [-0.2, 0) is 28.4 Å². The number of halogens is 3. The van der Waals surface area contributed by atoms with Gasteiger partial charge >= 0.3 is 6.18 Å². The van der Waals surface area contributed by atoms with E-state index in [0.717, 1.165) is 35.6 Å². The van der Waals surface area contributed by atoms with Crippen molar-refractivity contribution in [3.63, 3.8) is 0 Å². The smallest absolute Gasteiger partial charge is 0.351 e. The van der Waals surface area contributed by atoms with Gasteiger partial charge in [0.05, 0.1) is 17.0 Å². The molecule has 1 aromatic carbocycles. The summed E-state index contributed by atoms with van der Waals surface area (Å²) in [4.78, 5) is 16.4. The first-order chi connectivity index (χ1) is 12.1. The van der Waals surface area contributed by atoms with Crippen LogP contribution in [-0.4, -0.2) is 25.9 Å². The van der Waals surface area contributed by atoms with Gasteiger partial charge in [0.2, 0.25) is 10.0 Å². The number of aryl methyl sites for hydroxylation is 1. The molecule has 0 atom stereocenters. The zero-order chi connectivity index (χ0) is 18.9. The van der Waals surface area contributed by atoms with Crippen molar-refractivity contribution in [3.8, 4) is 0 Å². The van der Waals surface area contributed by atoms with Crippen LogP contribution in [0, 0.1) is 0 Å². The third kappa shape index (κ3) is 4.33. The summed E-state index contributed by atoms with van der Waals surface area (Å²) in [5, 5.41) is 2.76. The number of carbonyl (C=O) groups is 1. The molecule has 0 radical (unpaired) electrons. The summed E-state index contributed by atoms with van der Waals surface area (Å²) in [6.45, 7) is 0.539. The minimum absolute atomic E-state index is 0.0685. The van der Waals surface area contributed by atoms with E-state index in [-0.39, 0.29) is 16.6 Å². The quantitative estimate of drug-likeness (QED) is 0.819. The third-order valence-corrected chi connectivity index (χ3v) is 6.02. The van der Waals surface area contributed by atoms with E-state index >= 15 is 0 Å². The molecule has 140 valence electrons. The molecule has 26 heavy (non-hydrogen) atoms. The number of rotatable bonds is 4. The van der Waals surface area contributed by atoms with E-state index in [4.69, 9.17) is 0 Å². The van der Waals surface area contributed by atoms with E-state index in [0.29, 0.717) is 30.0 Å². The Morgan fingerprint density at radius 3 is 2.58 bits per heavy atom. The minimum atomic E-state index is -4.48. The van der Waals surface area contributed by atoms with Crippen molar-refractivity contribution < 1.29 is 26.4 Å². The SMILES string of the molecule is O=C1NCCCc2nc(NS(=O)(=O)Cc3ccc(C(F)(F)F)cc3)sc21. The lowest BCUT2D eigenvalue weighted by Crippen LogP contribution is -2.21. The fraction of sp³-hybridized carbons (Fsp3) is 0.333. The Morgan fingerprint density at radius 2 is 1.92 bits per heavy atom. The van der Waals surface area contributed by atoms with Crippen LogP contribution in [0.1, 0.15) is 32.9 Å². The predicted octanol–water partition coefficient (Wildman–Crippen LogP) is 2.78. The molecule has 0 unspecified atom stereocenters. The molecule has 2 N–H and O–H groups in total. The molecule has 0 aliphatic carbocycles. The average molecular weight is 405 g/mol. The highest BCUT2D eigenvalue weighted by Crippen LogP contribution is 2.30. The molecule has 6 nitrogen and oxygen atoms in total. The summed E-state index contributed by atoms with van der Waals surface area (Å²) >= 11 is 0.938. The molecule has 0 bridgehead atoms. The van der Waals surface area contributed by atoms with Crippen molar-refractivity contribution in [2.45, 2.75) is 24.8 Å². The first-order valence-electron chi connectivity index (χ1n) is 7.58. The van der Waals surface area contributed by atoms with Crippen LogP contribution >= 0.6 is 11.3 Å². The van der Waals surface area contributed by atoms with Crippen LogP contribution in [0.3, 0.4) is 0 Å². The molecular weight excluding hydrogens is 391 g/mol. The second kappa shape index (κ2) is 6.88. The number of hydrogen-bond donors (Lipinski definition) is 2. The third-order valence-electron chi connectivity index (χ3n) is 3.66. The van der Waals surface area contributed by atoms with Crippen molar-refractivity contribution in [1.82, 2.24) is 10.3 Å². The van der Waals surface area contributed by atoms with E-state index in [9.17, 15) is 26.4 Å². The Kier molecular flexibility index (Phi) is 4.93. The standard InChI is InChI=1S/C15H14F3N3O3S2/c16-15(17,18)10-5-3-9(4-6-10)8-26(23,24)21-14-20-11-2-1-7-19-13(22)12(11)25-14/h3-6H,1-2,7-8H2,(H,19,22)(H,20,21). The summed E-state index contributed by atoms with van der Waals surface area (Å²) in [6, 6.07) is 3.90. The maximum absolute atomic E-state index is 12.5. The minimum Gasteiger partial charge on any atom is -0.351 e. The summed E-state index contributed by atoms with van der Waals surface area (Å²) < 4.78 is 64.4. The number of benzene rings is 1. The van der Waals surface area contributed by atoms with Gasteiger partial charge in [0.15, 0.2) is 5.13 Å². The molecule has 2 heterocycles. The van der Waals surface area contributed by atoms with Crippen molar-refractivity contribution in [2.24, 2.45) is 0 Å². The Balaban J connectivity index is 1.73. The van der Waals surface area contributed by atoms with Gasteiger partial charge in [-0.1, -0.05) is 23.5 Å². The van der Waals surface area contributed by atoms with E-state index in [2.05, 4.69) is 15.0 Å².